The zero-order chi connectivity index (χ0) is 19.5. The topological polar surface area (TPSA) is 58.8 Å². The minimum absolute atomic E-state index is 0.270. The average Bonchev–Trinajstić information content (AvgIpc) is 3.07. The quantitative estimate of drug-likeness (QED) is 0.605. The summed E-state index contributed by atoms with van der Waals surface area (Å²) in [5.74, 6) is 0.832. The van der Waals surface area contributed by atoms with Crippen LogP contribution in [0.5, 0.6) is 0 Å². The van der Waals surface area contributed by atoms with E-state index in [1.165, 1.54) is 0 Å². The van der Waals surface area contributed by atoms with Gasteiger partial charge in [-0.05, 0) is 37.3 Å². The molecule has 146 valence electrons. The molecule has 0 atom stereocenters. The number of furan rings is 1. The third-order valence-corrected chi connectivity index (χ3v) is 5.18. The first-order valence-electron chi connectivity index (χ1n) is 9.42. The van der Waals surface area contributed by atoms with Crippen LogP contribution >= 0.6 is 11.6 Å². The number of rotatable bonds is 5. The van der Waals surface area contributed by atoms with E-state index in [1.807, 2.05) is 30.5 Å². The van der Waals surface area contributed by atoms with Crippen LogP contribution in [0, 0.1) is 0 Å². The minimum Gasteiger partial charge on any atom is -0.460 e. The number of benzene rings is 1. The van der Waals surface area contributed by atoms with Gasteiger partial charge in [-0.2, -0.15) is 0 Å². The highest BCUT2D eigenvalue weighted by Gasteiger charge is 2.25. The van der Waals surface area contributed by atoms with E-state index in [4.69, 9.17) is 20.8 Å². The second-order valence-electron chi connectivity index (χ2n) is 6.72. The lowest BCUT2D eigenvalue weighted by molar-refractivity contribution is 0.0489. The SMILES string of the molecule is CCOC(=O)c1oc2ccc(Cl)cc2c1CN1CCN(c2ccccn2)CC1. The molecule has 6 nitrogen and oxygen atoms in total. The van der Waals surface area contributed by atoms with Crippen LogP contribution in [-0.2, 0) is 11.3 Å². The van der Waals surface area contributed by atoms with Gasteiger partial charge in [0.25, 0.3) is 0 Å². The lowest BCUT2D eigenvalue weighted by atomic mass is 10.1. The Morgan fingerprint density at radius 2 is 2.04 bits per heavy atom. The predicted octanol–water partition coefficient (Wildman–Crippen LogP) is 3.98. The number of esters is 1. The zero-order valence-electron chi connectivity index (χ0n) is 15.7. The third kappa shape index (κ3) is 3.84. The number of fused-ring (bicyclic) bond motifs is 1. The molecule has 0 N–H and O–H groups in total. The predicted molar refractivity (Wildman–Crippen MR) is 109 cm³/mol. The normalized spacial score (nSPS) is 15.1. The number of carbonyl (C=O) groups excluding carboxylic acids is 1. The second kappa shape index (κ2) is 8.20. The molecule has 0 spiro atoms. The fourth-order valence-corrected chi connectivity index (χ4v) is 3.71. The molecule has 1 aliphatic heterocycles. The number of aromatic nitrogens is 1. The van der Waals surface area contributed by atoms with Crippen molar-refractivity contribution in [1.29, 1.82) is 0 Å². The van der Waals surface area contributed by atoms with Gasteiger partial charge in [0.15, 0.2) is 0 Å². The summed E-state index contributed by atoms with van der Waals surface area (Å²) in [5.41, 5.74) is 1.48. The Morgan fingerprint density at radius 3 is 2.75 bits per heavy atom. The van der Waals surface area contributed by atoms with E-state index >= 15 is 0 Å². The smallest absolute Gasteiger partial charge is 0.374 e. The number of hydrogen-bond acceptors (Lipinski definition) is 6. The maximum Gasteiger partial charge on any atom is 0.374 e. The number of piperazine rings is 1. The molecule has 0 bridgehead atoms. The van der Waals surface area contributed by atoms with E-state index in [2.05, 4.69) is 14.8 Å². The minimum atomic E-state index is -0.433. The molecular formula is C21H22ClN3O3. The van der Waals surface area contributed by atoms with Crippen LogP contribution in [0.25, 0.3) is 11.0 Å². The molecular weight excluding hydrogens is 378 g/mol. The monoisotopic (exact) mass is 399 g/mol. The van der Waals surface area contributed by atoms with Gasteiger partial charge < -0.3 is 14.1 Å². The summed E-state index contributed by atoms with van der Waals surface area (Å²) in [4.78, 5) is 21.4. The molecule has 1 aliphatic rings. The summed E-state index contributed by atoms with van der Waals surface area (Å²) in [7, 11) is 0. The summed E-state index contributed by atoms with van der Waals surface area (Å²) in [6.07, 6.45) is 1.81. The van der Waals surface area contributed by atoms with Gasteiger partial charge in [-0.15, -0.1) is 0 Å². The van der Waals surface area contributed by atoms with Crippen LogP contribution < -0.4 is 4.90 Å². The Hall–Kier alpha value is -2.57. The molecule has 0 aliphatic carbocycles. The third-order valence-electron chi connectivity index (χ3n) is 4.94. The van der Waals surface area contributed by atoms with Gasteiger partial charge in [0.2, 0.25) is 5.76 Å². The molecule has 7 heteroatoms. The van der Waals surface area contributed by atoms with Gasteiger partial charge in [0.05, 0.1) is 6.61 Å². The highest BCUT2D eigenvalue weighted by Crippen LogP contribution is 2.30. The van der Waals surface area contributed by atoms with Gasteiger partial charge in [0.1, 0.15) is 11.4 Å². The van der Waals surface area contributed by atoms with Gasteiger partial charge >= 0.3 is 5.97 Å². The lowest BCUT2D eigenvalue weighted by Gasteiger charge is -2.35. The van der Waals surface area contributed by atoms with E-state index in [9.17, 15) is 4.79 Å². The molecule has 0 unspecified atom stereocenters. The van der Waals surface area contributed by atoms with Crippen molar-refractivity contribution in [2.75, 3.05) is 37.7 Å². The van der Waals surface area contributed by atoms with E-state index in [-0.39, 0.29) is 5.76 Å². The number of hydrogen-bond donors (Lipinski definition) is 0. The summed E-state index contributed by atoms with van der Waals surface area (Å²) in [5, 5.41) is 1.48. The lowest BCUT2D eigenvalue weighted by Crippen LogP contribution is -2.46. The largest absolute Gasteiger partial charge is 0.460 e. The molecule has 3 heterocycles. The van der Waals surface area contributed by atoms with Crippen molar-refractivity contribution in [3.05, 3.63) is 58.9 Å². The average molecular weight is 400 g/mol. The van der Waals surface area contributed by atoms with Gasteiger partial charge in [-0.25, -0.2) is 9.78 Å². The number of carbonyl (C=O) groups is 1. The highest BCUT2D eigenvalue weighted by molar-refractivity contribution is 6.31. The standard InChI is InChI=1S/C21H22ClN3O3/c1-2-27-21(26)20-17(16-13-15(22)6-7-18(16)28-20)14-24-9-11-25(12-10-24)19-5-3-4-8-23-19/h3-8,13H,2,9-12,14H2,1H3. The molecule has 0 amide bonds. The van der Waals surface area contributed by atoms with Gasteiger partial charge in [0, 0.05) is 54.9 Å². The molecule has 0 saturated carbocycles. The van der Waals surface area contributed by atoms with Crippen molar-refractivity contribution in [3.63, 3.8) is 0 Å². The Balaban J connectivity index is 1.55. The van der Waals surface area contributed by atoms with Crippen LogP contribution in [-0.4, -0.2) is 48.6 Å². The number of halogens is 1. The first-order valence-corrected chi connectivity index (χ1v) is 9.80. The molecule has 1 aromatic carbocycles. The van der Waals surface area contributed by atoms with E-state index in [0.29, 0.717) is 23.8 Å². The van der Waals surface area contributed by atoms with E-state index < -0.39 is 5.97 Å². The van der Waals surface area contributed by atoms with Crippen LogP contribution in [0.3, 0.4) is 0 Å². The van der Waals surface area contributed by atoms with Crippen LogP contribution in [0.4, 0.5) is 5.82 Å². The van der Waals surface area contributed by atoms with Crippen molar-refractivity contribution in [1.82, 2.24) is 9.88 Å². The van der Waals surface area contributed by atoms with Crippen molar-refractivity contribution < 1.29 is 13.9 Å². The molecule has 28 heavy (non-hydrogen) atoms. The summed E-state index contributed by atoms with van der Waals surface area (Å²) >= 11 is 6.19. The fraction of sp³-hybridized carbons (Fsp3) is 0.333. The van der Waals surface area contributed by atoms with E-state index in [1.54, 1.807) is 19.1 Å². The van der Waals surface area contributed by atoms with E-state index in [0.717, 1.165) is 42.9 Å². The molecule has 1 fully saturated rings. The van der Waals surface area contributed by atoms with Crippen molar-refractivity contribution in [2.24, 2.45) is 0 Å². The number of nitrogens with zero attached hydrogens (tertiary/aromatic N) is 3. The number of pyridine rings is 1. The zero-order valence-corrected chi connectivity index (χ0v) is 16.5. The summed E-state index contributed by atoms with van der Waals surface area (Å²) in [6, 6.07) is 11.4. The maximum absolute atomic E-state index is 12.4. The second-order valence-corrected chi connectivity index (χ2v) is 7.16. The fourth-order valence-electron chi connectivity index (χ4n) is 3.54. The van der Waals surface area contributed by atoms with Crippen LogP contribution in [0.1, 0.15) is 23.0 Å². The van der Waals surface area contributed by atoms with Gasteiger partial charge in [-0.3, -0.25) is 4.90 Å². The van der Waals surface area contributed by atoms with Crippen LogP contribution in [0.15, 0.2) is 47.0 Å². The summed E-state index contributed by atoms with van der Waals surface area (Å²) < 4.78 is 11.0. The van der Waals surface area contributed by atoms with Gasteiger partial charge in [-0.1, -0.05) is 17.7 Å². The molecule has 4 rings (SSSR count). The number of ether oxygens (including phenoxy) is 1. The summed E-state index contributed by atoms with van der Waals surface area (Å²) in [6.45, 7) is 6.19. The first-order chi connectivity index (χ1) is 13.7. The highest BCUT2D eigenvalue weighted by atomic mass is 35.5. The molecule has 1 saturated heterocycles. The maximum atomic E-state index is 12.4. The Bertz CT molecular complexity index is 966. The first kappa shape index (κ1) is 18.8. The van der Waals surface area contributed by atoms with Crippen molar-refractivity contribution in [3.8, 4) is 0 Å². The molecule has 3 aromatic rings. The van der Waals surface area contributed by atoms with Crippen molar-refractivity contribution >= 4 is 34.4 Å². The number of anilines is 1. The Labute approximate surface area is 168 Å². The van der Waals surface area contributed by atoms with Crippen molar-refractivity contribution in [2.45, 2.75) is 13.5 Å². The Morgan fingerprint density at radius 1 is 1.21 bits per heavy atom. The van der Waals surface area contributed by atoms with Crippen LogP contribution in [0.2, 0.25) is 5.02 Å². The Kier molecular flexibility index (Phi) is 5.50. The molecule has 0 radical (unpaired) electrons. The molecule has 2 aromatic heterocycles.